The van der Waals surface area contributed by atoms with Crippen LogP contribution in [0.4, 0.5) is 0 Å². The van der Waals surface area contributed by atoms with Crippen LogP contribution in [0.2, 0.25) is 0 Å². The Hall–Kier alpha value is -0.860. The van der Waals surface area contributed by atoms with Gasteiger partial charge in [0.15, 0.2) is 0 Å². The van der Waals surface area contributed by atoms with Crippen molar-refractivity contribution in [2.45, 2.75) is 26.7 Å². The first-order valence-electron chi connectivity index (χ1n) is 7.19. The molecule has 2 heteroatoms. The average molecular weight is 246 g/mol. The Bertz CT molecular complexity index is 341. The van der Waals surface area contributed by atoms with Gasteiger partial charge < -0.3 is 10.2 Å². The van der Waals surface area contributed by atoms with E-state index in [9.17, 15) is 0 Å². The van der Waals surface area contributed by atoms with Crippen molar-refractivity contribution in [1.82, 2.24) is 10.2 Å². The fourth-order valence-electron chi connectivity index (χ4n) is 2.82. The molecule has 0 spiro atoms. The van der Waals surface area contributed by atoms with Crippen LogP contribution in [-0.2, 0) is 6.42 Å². The lowest BCUT2D eigenvalue weighted by atomic mass is 9.89. The average Bonchev–Trinajstić information content (AvgIpc) is 2.82. The van der Waals surface area contributed by atoms with Crippen molar-refractivity contribution in [3.8, 4) is 0 Å². The molecule has 100 valence electrons. The Morgan fingerprint density at radius 2 is 2.06 bits per heavy atom. The highest BCUT2D eigenvalue weighted by Gasteiger charge is 2.29. The lowest BCUT2D eigenvalue weighted by Gasteiger charge is -2.31. The number of hydrogen-bond acceptors (Lipinski definition) is 2. The summed E-state index contributed by atoms with van der Waals surface area (Å²) in [7, 11) is 0. The Labute approximate surface area is 111 Å². The Kier molecular flexibility index (Phi) is 4.79. The van der Waals surface area contributed by atoms with Gasteiger partial charge in [-0.05, 0) is 36.9 Å². The highest BCUT2D eigenvalue weighted by Crippen LogP contribution is 2.25. The smallest absolute Gasteiger partial charge is 0.00480 e. The van der Waals surface area contributed by atoms with E-state index in [-0.39, 0.29) is 0 Å². The molecule has 0 saturated carbocycles. The molecule has 0 aliphatic carbocycles. The summed E-state index contributed by atoms with van der Waals surface area (Å²) in [6, 6.07) is 10.8. The molecule has 1 aromatic rings. The number of hydrogen-bond donors (Lipinski definition) is 1. The lowest BCUT2D eigenvalue weighted by molar-refractivity contribution is 0.186. The molecule has 2 nitrogen and oxygen atoms in total. The Morgan fingerprint density at radius 1 is 1.28 bits per heavy atom. The second-order valence-electron chi connectivity index (χ2n) is 5.84. The van der Waals surface area contributed by atoms with Crippen molar-refractivity contribution in [3.63, 3.8) is 0 Å². The van der Waals surface area contributed by atoms with E-state index < -0.39 is 0 Å². The van der Waals surface area contributed by atoms with Crippen molar-refractivity contribution in [3.05, 3.63) is 35.9 Å². The molecule has 2 rings (SSSR count). The van der Waals surface area contributed by atoms with Crippen LogP contribution in [0.3, 0.4) is 0 Å². The van der Waals surface area contributed by atoms with Crippen LogP contribution < -0.4 is 5.32 Å². The van der Waals surface area contributed by atoms with Gasteiger partial charge in [-0.25, -0.2) is 0 Å². The van der Waals surface area contributed by atoms with Gasteiger partial charge >= 0.3 is 0 Å². The maximum Gasteiger partial charge on any atom is 0.00480 e. The van der Waals surface area contributed by atoms with Gasteiger partial charge in [0.25, 0.3) is 0 Å². The predicted octanol–water partition coefficient (Wildman–Crippen LogP) is 2.55. The summed E-state index contributed by atoms with van der Waals surface area (Å²) < 4.78 is 0. The molecule has 1 unspecified atom stereocenters. The van der Waals surface area contributed by atoms with E-state index in [1.807, 2.05) is 0 Å². The van der Waals surface area contributed by atoms with E-state index in [0.29, 0.717) is 5.41 Å². The molecule has 0 bridgehead atoms. The standard InChI is InChI=1S/C16H26N2/c1-3-18(14-16(2)10-11-17-13-16)12-9-15-7-5-4-6-8-15/h4-8,17H,3,9-14H2,1-2H3. The second-order valence-corrected chi connectivity index (χ2v) is 5.84. The van der Waals surface area contributed by atoms with E-state index in [2.05, 4.69) is 54.4 Å². The molecule has 1 aliphatic heterocycles. The fourth-order valence-corrected chi connectivity index (χ4v) is 2.82. The number of rotatable bonds is 6. The van der Waals surface area contributed by atoms with Crippen molar-refractivity contribution in [2.75, 3.05) is 32.7 Å². The van der Waals surface area contributed by atoms with Crippen LogP contribution in [0.5, 0.6) is 0 Å². The van der Waals surface area contributed by atoms with Crippen LogP contribution in [-0.4, -0.2) is 37.6 Å². The Morgan fingerprint density at radius 3 is 2.67 bits per heavy atom. The molecular weight excluding hydrogens is 220 g/mol. The van der Waals surface area contributed by atoms with Gasteiger partial charge in [0.05, 0.1) is 0 Å². The summed E-state index contributed by atoms with van der Waals surface area (Å²) in [5.41, 5.74) is 1.93. The largest absolute Gasteiger partial charge is 0.316 e. The molecule has 1 aliphatic rings. The molecule has 18 heavy (non-hydrogen) atoms. The van der Waals surface area contributed by atoms with Crippen LogP contribution in [0.25, 0.3) is 0 Å². The van der Waals surface area contributed by atoms with Crippen LogP contribution in [0, 0.1) is 5.41 Å². The molecule has 1 saturated heterocycles. The van der Waals surface area contributed by atoms with E-state index in [0.717, 1.165) is 13.0 Å². The number of benzene rings is 1. The summed E-state index contributed by atoms with van der Waals surface area (Å²) in [5.74, 6) is 0. The highest BCUT2D eigenvalue weighted by atomic mass is 15.1. The minimum atomic E-state index is 0.479. The van der Waals surface area contributed by atoms with Crippen molar-refractivity contribution >= 4 is 0 Å². The zero-order valence-corrected chi connectivity index (χ0v) is 11.8. The van der Waals surface area contributed by atoms with Crippen molar-refractivity contribution in [2.24, 2.45) is 5.41 Å². The molecule has 0 amide bonds. The van der Waals surface area contributed by atoms with Crippen molar-refractivity contribution in [1.29, 1.82) is 0 Å². The number of nitrogens with zero attached hydrogens (tertiary/aromatic N) is 1. The second kappa shape index (κ2) is 6.35. The van der Waals surface area contributed by atoms with Crippen molar-refractivity contribution < 1.29 is 0 Å². The molecule has 1 aromatic carbocycles. The zero-order valence-electron chi connectivity index (χ0n) is 11.8. The lowest BCUT2D eigenvalue weighted by Crippen LogP contribution is -2.38. The monoisotopic (exact) mass is 246 g/mol. The van der Waals surface area contributed by atoms with E-state index in [4.69, 9.17) is 0 Å². The highest BCUT2D eigenvalue weighted by molar-refractivity contribution is 5.14. The third kappa shape index (κ3) is 3.82. The first-order valence-corrected chi connectivity index (χ1v) is 7.19. The fraction of sp³-hybridized carbons (Fsp3) is 0.625. The summed E-state index contributed by atoms with van der Waals surface area (Å²) in [5, 5.41) is 3.49. The summed E-state index contributed by atoms with van der Waals surface area (Å²) in [6.07, 6.45) is 2.48. The van der Waals surface area contributed by atoms with Gasteiger partial charge in [0, 0.05) is 19.6 Å². The topological polar surface area (TPSA) is 15.3 Å². The van der Waals surface area contributed by atoms with Gasteiger partial charge in [-0.1, -0.05) is 44.2 Å². The van der Waals surface area contributed by atoms with Crippen LogP contribution >= 0.6 is 0 Å². The molecule has 1 N–H and O–H groups in total. The minimum absolute atomic E-state index is 0.479. The third-order valence-electron chi connectivity index (χ3n) is 4.07. The summed E-state index contributed by atoms with van der Waals surface area (Å²) >= 11 is 0. The van der Waals surface area contributed by atoms with E-state index >= 15 is 0 Å². The third-order valence-corrected chi connectivity index (χ3v) is 4.07. The van der Waals surface area contributed by atoms with Crippen LogP contribution in [0.15, 0.2) is 30.3 Å². The van der Waals surface area contributed by atoms with Gasteiger partial charge in [0.1, 0.15) is 0 Å². The minimum Gasteiger partial charge on any atom is -0.316 e. The Balaban J connectivity index is 1.82. The molecule has 1 atom stereocenters. The van der Waals surface area contributed by atoms with Gasteiger partial charge in [-0.2, -0.15) is 0 Å². The van der Waals surface area contributed by atoms with Gasteiger partial charge in [-0.3, -0.25) is 0 Å². The first-order chi connectivity index (χ1) is 8.72. The number of nitrogens with one attached hydrogen (secondary N) is 1. The summed E-state index contributed by atoms with van der Waals surface area (Å²) in [4.78, 5) is 2.60. The van der Waals surface area contributed by atoms with E-state index in [1.165, 1.54) is 38.2 Å². The maximum atomic E-state index is 3.49. The normalized spacial score (nSPS) is 23.7. The number of likely N-dealkylation sites (N-methyl/N-ethyl adjacent to an activating group) is 1. The SMILES string of the molecule is CCN(CCc1ccccc1)CC1(C)CCNC1. The molecule has 0 radical (unpaired) electrons. The van der Waals surface area contributed by atoms with Gasteiger partial charge in [0.2, 0.25) is 0 Å². The molecule has 1 heterocycles. The van der Waals surface area contributed by atoms with Gasteiger partial charge in [-0.15, -0.1) is 0 Å². The van der Waals surface area contributed by atoms with Crippen LogP contribution in [0.1, 0.15) is 25.8 Å². The molecule has 0 aromatic heterocycles. The maximum absolute atomic E-state index is 3.49. The zero-order chi connectivity index (χ0) is 12.8. The predicted molar refractivity (Wildman–Crippen MR) is 77.9 cm³/mol. The summed E-state index contributed by atoms with van der Waals surface area (Å²) in [6.45, 7) is 10.6. The first kappa shape index (κ1) is 13.6. The van der Waals surface area contributed by atoms with E-state index in [1.54, 1.807) is 0 Å². The molecule has 1 fully saturated rings. The quantitative estimate of drug-likeness (QED) is 0.830. The molecular formula is C16H26N2.